The first-order valence-electron chi connectivity index (χ1n) is 16.1. The Morgan fingerprint density at radius 3 is 1.55 bits per heavy atom. The van der Waals surface area contributed by atoms with Gasteiger partial charge in [-0.2, -0.15) is 0 Å². The van der Waals surface area contributed by atoms with Crippen molar-refractivity contribution in [3.63, 3.8) is 0 Å². The summed E-state index contributed by atoms with van der Waals surface area (Å²) in [5, 5.41) is 21.1. The van der Waals surface area contributed by atoms with Crippen LogP contribution in [0.3, 0.4) is 0 Å². The molecule has 0 aromatic heterocycles. The maximum Gasteiger partial charge on any atom is 0.121 e. The molecular formula is C44H34OP2. The summed E-state index contributed by atoms with van der Waals surface area (Å²) >= 11 is 0. The van der Waals surface area contributed by atoms with Crippen LogP contribution in [0.15, 0.2) is 188 Å². The van der Waals surface area contributed by atoms with Crippen LogP contribution in [0.2, 0.25) is 0 Å². The summed E-state index contributed by atoms with van der Waals surface area (Å²) in [4.78, 5) is 0. The van der Waals surface area contributed by atoms with Gasteiger partial charge >= 0.3 is 0 Å². The maximum atomic E-state index is 13.8. The van der Waals surface area contributed by atoms with Gasteiger partial charge in [0, 0.05) is 5.92 Å². The van der Waals surface area contributed by atoms with Gasteiger partial charge in [0.25, 0.3) is 0 Å². The van der Waals surface area contributed by atoms with E-state index in [1.807, 2.05) is 0 Å². The lowest BCUT2D eigenvalue weighted by Crippen LogP contribution is -2.43. The lowest BCUT2D eigenvalue weighted by molar-refractivity contribution is 0.164. The number of rotatable bonds is 7. The van der Waals surface area contributed by atoms with Crippen LogP contribution in [0.4, 0.5) is 0 Å². The van der Waals surface area contributed by atoms with E-state index in [9.17, 15) is 5.11 Å². The van der Waals surface area contributed by atoms with Crippen molar-refractivity contribution < 1.29 is 5.11 Å². The normalized spacial score (nSPS) is 17.2. The van der Waals surface area contributed by atoms with Crippen molar-refractivity contribution in [1.29, 1.82) is 0 Å². The molecule has 0 aliphatic heterocycles. The summed E-state index contributed by atoms with van der Waals surface area (Å²) in [6.07, 6.45) is 4.26. The molecule has 2 atom stereocenters. The van der Waals surface area contributed by atoms with Gasteiger partial charge in [-0.3, -0.25) is 0 Å². The predicted octanol–water partition coefficient (Wildman–Crippen LogP) is 8.58. The summed E-state index contributed by atoms with van der Waals surface area (Å²) in [6, 6.07) is 65.1. The number of hydrogen-bond acceptors (Lipinski definition) is 1. The van der Waals surface area contributed by atoms with Crippen molar-refractivity contribution in [1.82, 2.24) is 0 Å². The van der Waals surface area contributed by atoms with E-state index >= 15 is 0 Å². The van der Waals surface area contributed by atoms with Crippen molar-refractivity contribution in [2.45, 2.75) is 11.3 Å². The predicted molar refractivity (Wildman–Crippen MR) is 204 cm³/mol. The highest BCUT2D eigenvalue weighted by Crippen LogP contribution is 2.60. The molecule has 0 bridgehead atoms. The van der Waals surface area contributed by atoms with Crippen molar-refractivity contribution in [3.05, 3.63) is 205 Å². The molecule has 1 aliphatic carbocycles. The second-order valence-corrected chi connectivity index (χ2v) is 16.5. The molecule has 1 N–H and O–H groups in total. The summed E-state index contributed by atoms with van der Waals surface area (Å²) in [6.45, 7) is 0. The van der Waals surface area contributed by atoms with Gasteiger partial charge in [-0.25, -0.2) is 0 Å². The number of benzene rings is 7. The molecule has 2 unspecified atom stereocenters. The molecular weight excluding hydrogens is 606 g/mol. The van der Waals surface area contributed by atoms with Crippen LogP contribution in [-0.4, -0.2) is 10.4 Å². The number of fused-ring (bicyclic) bond motifs is 2. The van der Waals surface area contributed by atoms with Crippen LogP contribution in [0, 0.1) is 0 Å². The molecule has 7 aromatic carbocycles. The fraction of sp³-hybridized carbons (Fsp3) is 0.0455. The minimum Gasteiger partial charge on any atom is -0.380 e. The molecule has 0 radical (unpaired) electrons. The van der Waals surface area contributed by atoms with Crippen molar-refractivity contribution in [2.75, 3.05) is 0 Å². The number of aliphatic hydroxyl groups is 1. The highest BCUT2D eigenvalue weighted by molar-refractivity contribution is 7.80. The topological polar surface area (TPSA) is 20.2 Å². The highest BCUT2D eigenvalue weighted by atomic mass is 31.1. The Hall–Kier alpha value is -4.64. The van der Waals surface area contributed by atoms with Crippen LogP contribution in [0.25, 0.3) is 16.8 Å². The average Bonchev–Trinajstić information content (AvgIpc) is 3.14. The van der Waals surface area contributed by atoms with E-state index in [-0.39, 0.29) is 5.92 Å². The minimum atomic E-state index is -1.26. The molecule has 0 saturated heterocycles. The molecule has 0 fully saturated rings. The second-order valence-electron chi connectivity index (χ2n) is 11.9. The molecule has 0 amide bonds. The Morgan fingerprint density at radius 2 is 0.957 bits per heavy atom. The van der Waals surface area contributed by atoms with E-state index in [4.69, 9.17) is 0 Å². The van der Waals surface area contributed by atoms with Crippen LogP contribution in [0.1, 0.15) is 22.6 Å². The van der Waals surface area contributed by atoms with Crippen LogP contribution in [0.5, 0.6) is 0 Å². The van der Waals surface area contributed by atoms with E-state index in [0.717, 1.165) is 21.7 Å². The Bertz CT molecular complexity index is 2090. The van der Waals surface area contributed by atoms with E-state index in [1.165, 1.54) is 32.2 Å². The molecule has 7 aromatic rings. The fourth-order valence-electron chi connectivity index (χ4n) is 7.12. The zero-order valence-electron chi connectivity index (χ0n) is 25.9. The lowest BCUT2D eigenvalue weighted by Gasteiger charge is -2.45. The van der Waals surface area contributed by atoms with E-state index in [2.05, 4.69) is 194 Å². The smallest absolute Gasteiger partial charge is 0.121 e. The van der Waals surface area contributed by atoms with Gasteiger partial charge in [0.15, 0.2) is 0 Å². The van der Waals surface area contributed by atoms with Crippen LogP contribution >= 0.6 is 15.8 Å². The summed E-state index contributed by atoms with van der Waals surface area (Å²) in [7, 11) is -2.21. The first-order valence-corrected chi connectivity index (χ1v) is 18.7. The van der Waals surface area contributed by atoms with Gasteiger partial charge in [-0.1, -0.05) is 188 Å². The Kier molecular flexibility index (Phi) is 8.14. The number of hydrogen-bond donors (Lipinski definition) is 1. The SMILES string of the molecule is OC1(P(c2ccccc2)c2ccccc2)C=Cc2ccccc2C1c1c(P(c2ccccc2)c2ccccc2)ccc2ccccc12. The van der Waals surface area contributed by atoms with Crippen LogP contribution in [-0.2, 0) is 0 Å². The zero-order valence-corrected chi connectivity index (χ0v) is 27.7. The van der Waals surface area contributed by atoms with E-state index in [1.54, 1.807) is 0 Å². The Morgan fingerprint density at radius 1 is 0.468 bits per heavy atom. The van der Waals surface area contributed by atoms with Crippen molar-refractivity contribution in [2.24, 2.45) is 0 Å². The van der Waals surface area contributed by atoms with Gasteiger partial charge in [0.05, 0.1) is 0 Å². The zero-order chi connectivity index (χ0) is 31.6. The first-order chi connectivity index (χ1) is 23.2. The maximum absolute atomic E-state index is 13.8. The Balaban J connectivity index is 1.48. The van der Waals surface area contributed by atoms with Gasteiger partial charge in [-0.15, -0.1) is 0 Å². The molecule has 8 rings (SSSR count). The molecule has 0 spiro atoms. The van der Waals surface area contributed by atoms with Crippen molar-refractivity contribution >= 4 is 59.2 Å². The lowest BCUT2D eigenvalue weighted by atomic mass is 9.78. The van der Waals surface area contributed by atoms with Crippen LogP contribution < -0.4 is 26.5 Å². The second kappa shape index (κ2) is 12.9. The summed E-state index contributed by atoms with van der Waals surface area (Å²) in [5.41, 5.74) is 3.52. The van der Waals surface area contributed by atoms with Crippen molar-refractivity contribution in [3.8, 4) is 0 Å². The minimum absolute atomic E-state index is 0.325. The standard InChI is InChI=1S/C44H34OP2/c45-44(47(37-23-9-3-10-24-37)38-25-11-4-12-26-38)32-31-34-18-14-16-28-40(34)43(44)42-39-27-15-13-17-33(39)29-30-41(42)46(35-19-5-1-6-20-35)36-21-7-2-8-22-36/h1-32,43,45H. The van der Waals surface area contributed by atoms with Gasteiger partial charge in [0.1, 0.15) is 5.34 Å². The van der Waals surface area contributed by atoms with Gasteiger partial charge in [-0.05, 0) is 75.9 Å². The van der Waals surface area contributed by atoms with E-state index in [0.29, 0.717) is 0 Å². The fourth-order valence-corrected chi connectivity index (χ4v) is 12.4. The molecule has 1 aliphatic rings. The summed E-state index contributed by atoms with van der Waals surface area (Å²) < 4.78 is 0. The molecule has 3 heteroatoms. The molecule has 0 saturated carbocycles. The third kappa shape index (κ3) is 5.46. The summed E-state index contributed by atoms with van der Waals surface area (Å²) in [5.74, 6) is -0.325. The first kappa shape index (κ1) is 29.7. The Labute approximate surface area is 279 Å². The highest BCUT2D eigenvalue weighted by Gasteiger charge is 2.48. The molecule has 47 heavy (non-hydrogen) atoms. The van der Waals surface area contributed by atoms with Gasteiger partial charge < -0.3 is 5.11 Å². The monoisotopic (exact) mass is 640 g/mol. The third-order valence-electron chi connectivity index (χ3n) is 9.13. The molecule has 1 nitrogen and oxygen atoms in total. The van der Waals surface area contributed by atoms with Gasteiger partial charge in [0.2, 0.25) is 0 Å². The quantitative estimate of drug-likeness (QED) is 0.173. The largest absolute Gasteiger partial charge is 0.380 e. The third-order valence-corrected chi connectivity index (χ3v) is 14.4. The molecule has 0 heterocycles. The molecule has 226 valence electrons. The van der Waals surface area contributed by atoms with E-state index < -0.39 is 21.2 Å². The average molecular weight is 641 g/mol.